The quantitative estimate of drug-likeness (QED) is 0.783. The summed E-state index contributed by atoms with van der Waals surface area (Å²) in [4.78, 5) is 4.24. The summed E-state index contributed by atoms with van der Waals surface area (Å²) in [6.45, 7) is 2.91. The van der Waals surface area contributed by atoms with Gasteiger partial charge >= 0.3 is 0 Å². The van der Waals surface area contributed by atoms with Crippen LogP contribution < -0.4 is 10.1 Å². The van der Waals surface area contributed by atoms with E-state index in [4.69, 9.17) is 14.4 Å². The second kappa shape index (κ2) is 7.34. The van der Waals surface area contributed by atoms with Crippen molar-refractivity contribution in [3.8, 4) is 23.3 Å². The molecule has 110 valence electrons. The predicted molar refractivity (Wildman–Crippen MR) is 81.2 cm³/mol. The summed E-state index contributed by atoms with van der Waals surface area (Å²) in [5.74, 6) is 1.48. The van der Waals surface area contributed by atoms with E-state index in [1.807, 2.05) is 24.3 Å². The van der Waals surface area contributed by atoms with E-state index in [0.29, 0.717) is 17.5 Å². The number of para-hydroxylation sites is 1. The predicted octanol–water partition coefficient (Wildman–Crippen LogP) is 3.82. The van der Waals surface area contributed by atoms with E-state index in [1.54, 1.807) is 7.11 Å². The van der Waals surface area contributed by atoms with Crippen LogP contribution in [-0.4, -0.2) is 18.6 Å². The lowest BCUT2D eigenvalue weighted by Crippen LogP contribution is -2.01. The van der Waals surface area contributed by atoms with Gasteiger partial charge in [0.1, 0.15) is 11.8 Å². The normalized spacial score (nSPS) is 10.1. The van der Waals surface area contributed by atoms with E-state index >= 15 is 0 Å². The number of hydrogen-bond acceptors (Lipinski definition) is 5. The molecule has 0 saturated heterocycles. The molecule has 1 N–H and O–H groups in total. The summed E-state index contributed by atoms with van der Waals surface area (Å²) in [7, 11) is 1.59. The van der Waals surface area contributed by atoms with Gasteiger partial charge in [0.15, 0.2) is 0 Å². The number of nitrogens with zero attached hydrogens (tertiary/aromatic N) is 2. The van der Waals surface area contributed by atoms with Crippen LogP contribution in [0.1, 0.15) is 31.9 Å². The standard InChI is InChI=1S/C16H19N3O2/c1-3-4-7-10-18-16-13(11-17)19-15(21-16)12-8-5-6-9-14(12)20-2/h5-6,8-9,18H,3-4,7,10H2,1-2H3. The summed E-state index contributed by atoms with van der Waals surface area (Å²) in [6.07, 6.45) is 3.32. The molecule has 0 bridgehead atoms. The van der Waals surface area contributed by atoms with E-state index in [0.717, 1.165) is 31.4 Å². The number of ether oxygens (including phenoxy) is 1. The van der Waals surface area contributed by atoms with Crippen LogP contribution >= 0.6 is 0 Å². The number of methoxy groups -OCH3 is 1. The Bertz CT molecular complexity index is 629. The van der Waals surface area contributed by atoms with Gasteiger partial charge in [-0.1, -0.05) is 31.9 Å². The largest absolute Gasteiger partial charge is 0.496 e. The van der Waals surface area contributed by atoms with Crippen LogP contribution in [0.25, 0.3) is 11.5 Å². The van der Waals surface area contributed by atoms with E-state index in [2.05, 4.69) is 23.3 Å². The average molecular weight is 285 g/mol. The molecule has 0 fully saturated rings. The SMILES string of the molecule is CCCCCNc1oc(-c2ccccc2OC)nc1C#N. The number of aromatic nitrogens is 1. The monoisotopic (exact) mass is 285 g/mol. The second-order valence-electron chi connectivity index (χ2n) is 4.64. The lowest BCUT2D eigenvalue weighted by Gasteiger charge is -2.04. The summed E-state index contributed by atoms with van der Waals surface area (Å²) >= 11 is 0. The first kappa shape index (κ1) is 14.9. The van der Waals surface area contributed by atoms with Gasteiger partial charge < -0.3 is 14.5 Å². The first-order valence-electron chi connectivity index (χ1n) is 7.08. The molecule has 0 spiro atoms. The zero-order valence-electron chi connectivity index (χ0n) is 12.3. The number of hydrogen-bond donors (Lipinski definition) is 1. The fraction of sp³-hybridized carbons (Fsp3) is 0.375. The van der Waals surface area contributed by atoms with Crippen LogP contribution in [0.4, 0.5) is 5.88 Å². The highest BCUT2D eigenvalue weighted by Crippen LogP contribution is 2.31. The first-order valence-corrected chi connectivity index (χ1v) is 7.08. The summed E-state index contributed by atoms with van der Waals surface area (Å²) in [5, 5.41) is 12.3. The molecule has 0 saturated carbocycles. The van der Waals surface area contributed by atoms with Gasteiger partial charge in [0.25, 0.3) is 0 Å². The molecular weight excluding hydrogens is 266 g/mol. The summed E-state index contributed by atoms with van der Waals surface area (Å²) < 4.78 is 11.0. The first-order chi connectivity index (χ1) is 10.3. The number of anilines is 1. The molecule has 0 aliphatic carbocycles. The Morgan fingerprint density at radius 1 is 1.33 bits per heavy atom. The van der Waals surface area contributed by atoms with Gasteiger partial charge in [-0.15, -0.1) is 0 Å². The molecule has 2 rings (SSSR count). The Labute approximate surface area is 124 Å². The van der Waals surface area contributed by atoms with Gasteiger partial charge in [0.05, 0.1) is 12.7 Å². The average Bonchev–Trinajstić information content (AvgIpc) is 2.94. The smallest absolute Gasteiger partial charge is 0.233 e. The molecule has 1 aromatic heterocycles. The molecule has 0 unspecified atom stereocenters. The van der Waals surface area contributed by atoms with Crippen LogP contribution in [0.3, 0.4) is 0 Å². The molecule has 1 heterocycles. The third kappa shape index (κ3) is 3.54. The summed E-state index contributed by atoms with van der Waals surface area (Å²) in [6, 6.07) is 9.50. The number of nitriles is 1. The lowest BCUT2D eigenvalue weighted by molar-refractivity contribution is 0.414. The van der Waals surface area contributed by atoms with Gasteiger partial charge in [-0.05, 0) is 18.6 Å². The van der Waals surface area contributed by atoms with Crippen molar-refractivity contribution in [2.45, 2.75) is 26.2 Å². The zero-order valence-corrected chi connectivity index (χ0v) is 12.3. The van der Waals surface area contributed by atoms with E-state index in [-0.39, 0.29) is 5.69 Å². The van der Waals surface area contributed by atoms with Gasteiger partial charge in [-0.2, -0.15) is 10.2 Å². The van der Waals surface area contributed by atoms with Crippen LogP contribution in [-0.2, 0) is 0 Å². The van der Waals surface area contributed by atoms with Crippen molar-refractivity contribution in [2.75, 3.05) is 19.0 Å². The van der Waals surface area contributed by atoms with Crippen LogP contribution in [0.2, 0.25) is 0 Å². The lowest BCUT2D eigenvalue weighted by atomic mass is 10.2. The number of unbranched alkanes of at least 4 members (excludes halogenated alkanes) is 2. The van der Waals surface area contributed by atoms with Crippen molar-refractivity contribution < 1.29 is 9.15 Å². The van der Waals surface area contributed by atoms with Crippen molar-refractivity contribution in [2.24, 2.45) is 0 Å². The second-order valence-corrected chi connectivity index (χ2v) is 4.64. The molecule has 5 nitrogen and oxygen atoms in total. The van der Waals surface area contributed by atoms with Crippen molar-refractivity contribution in [1.82, 2.24) is 4.98 Å². The molecule has 0 aliphatic rings. The maximum atomic E-state index is 9.16. The molecule has 0 aliphatic heterocycles. The Morgan fingerprint density at radius 3 is 2.86 bits per heavy atom. The Morgan fingerprint density at radius 2 is 2.14 bits per heavy atom. The molecule has 1 aromatic carbocycles. The number of rotatable bonds is 7. The van der Waals surface area contributed by atoms with Crippen LogP contribution in [0.15, 0.2) is 28.7 Å². The highest BCUT2D eigenvalue weighted by molar-refractivity contribution is 5.65. The highest BCUT2D eigenvalue weighted by atomic mass is 16.5. The third-order valence-corrected chi connectivity index (χ3v) is 3.14. The summed E-state index contributed by atoms with van der Waals surface area (Å²) in [5.41, 5.74) is 1.01. The topological polar surface area (TPSA) is 71.1 Å². The highest BCUT2D eigenvalue weighted by Gasteiger charge is 2.16. The van der Waals surface area contributed by atoms with Crippen LogP contribution in [0.5, 0.6) is 5.75 Å². The Balaban J connectivity index is 2.22. The number of oxazole rings is 1. The molecule has 2 aromatic rings. The molecule has 0 atom stereocenters. The van der Waals surface area contributed by atoms with E-state index < -0.39 is 0 Å². The zero-order chi connectivity index (χ0) is 15.1. The van der Waals surface area contributed by atoms with Crippen molar-refractivity contribution in [3.05, 3.63) is 30.0 Å². The number of nitrogens with one attached hydrogen (secondary N) is 1. The van der Waals surface area contributed by atoms with E-state index in [1.165, 1.54) is 0 Å². The molecule has 5 heteroatoms. The molecule has 0 radical (unpaired) electrons. The minimum atomic E-state index is 0.271. The molecular formula is C16H19N3O2. The minimum absolute atomic E-state index is 0.271. The Kier molecular flexibility index (Phi) is 5.22. The van der Waals surface area contributed by atoms with Crippen LogP contribution in [0, 0.1) is 11.3 Å². The third-order valence-electron chi connectivity index (χ3n) is 3.14. The van der Waals surface area contributed by atoms with Gasteiger partial charge in [0.2, 0.25) is 17.5 Å². The Hall–Kier alpha value is -2.48. The fourth-order valence-corrected chi connectivity index (χ4v) is 2.03. The van der Waals surface area contributed by atoms with Crippen molar-refractivity contribution in [3.63, 3.8) is 0 Å². The van der Waals surface area contributed by atoms with Gasteiger partial charge in [-0.25, -0.2) is 0 Å². The van der Waals surface area contributed by atoms with Gasteiger partial charge in [0, 0.05) is 6.54 Å². The molecule has 0 amide bonds. The minimum Gasteiger partial charge on any atom is -0.496 e. The maximum absolute atomic E-state index is 9.16. The van der Waals surface area contributed by atoms with Crippen molar-refractivity contribution >= 4 is 5.88 Å². The molecule has 21 heavy (non-hydrogen) atoms. The maximum Gasteiger partial charge on any atom is 0.233 e. The van der Waals surface area contributed by atoms with Gasteiger partial charge in [-0.3, -0.25) is 0 Å². The van der Waals surface area contributed by atoms with E-state index in [9.17, 15) is 0 Å². The van der Waals surface area contributed by atoms with Crippen molar-refractivity contribution in [1.29, 1.82) is 5.26 Å². The number of benzene rings is 1. The fourth-order valence-electron chi connectivity index (χ4n) is 2.03.